The number of likely N-dealkylation sites (N-methyl/N-ethyl adjacent to an activating group) is 2. The average molecular weight is 342 g/mol. The molecule has 0 N–H and O–H groups in total. The molecule has 0 aromatic heterocycles. The zero-order chi connectivity index (χ0) is 17.2. The van der Waals surface area contributed by atoms with Crippen molar-refractivity contribution in [1.29, 1.82) is 0 Å². The molecule has 2 rings (SSSR count). The Morgan fingerprint density at radius 2 is 2.04 bits per heavy atom. The standard InChI is InChI=1S/C16H26N2O4S/c1-12-8-15(6-7-16(12)22-5)23(19,20)18(3)10-13-9-14(21-4)11-17(13)2/h6-8,13-14H,9-11H2,1-5H3/t13-,14-/m0/s1. The minimum absolute atomic E-state index is 0.166. The molecule has 2 atom stereocenters. The van der Waals surface area contributed by atoms with Crippen molar-refractivity contribution in [2.45, 2.75) is 30.4 Å². The van der Waals surface area contributed by atoms with Crippen LogP contribution in [-0.2, 0) is 14.8 Å². The number of rotatable bonds is 6. The van der Waals surface area contributed by atoms with Crippen LogP contribution in [0.5, 0.6) is 5.75 Å². The summed E-state index contributed by atoms with van der Waals surface area (Å²) < 4.78 is 37.5. The smallest absolute Gasteiger partial charge is 0.242 e. The second kappa shape index (κ2) is 7.17. The van der Waals surface area contributed by atoms with E-state index in [-0.39, 0.29) is 12.1 Å². The summed E-state index contributed by atoms with van der Waals surface area (Å²) in [5.41, 5.74) is 0.805. The Bertz CT molecular complexity index is 647. The predicted octanol–water partition coefficient (Wildman–Crippen LogP) is 1.34. The molecule has 1 aliphatic heterocycles. The molecule has 1 saturated heterocycles. The SMILES string of the molecule is COc1ccc(S(=O)(=O)N(C)C[C@@H]2C[C@H](OC)CN2C)cc1C. The predicted molar refractivity (Wildman–Crippen MR) is 89.4 cm³/mol. The highest BCUT2D eigenvalue weighted by Crippen LogP contribution is 2.25. The van der Waals surface area contributed by atoms with Crippen LogP contribution in [0.15, 0.2) is 23.1 Å². The van der Waals surface area contributed by atoms with Crippen molar-refractivity contribution in [2.75, 3.05) is 41.4 Å². The molecule has 0 amide bonds. The van der Waals surface area contributed by atoms with Gasteiger partial charge in [-0.1, -0.05) is 0 Å². The molecule has 0 saturated carbocycles. The van der Waals surface area contributed by atoms with Gasteiger partial charge in [-0.15, -0.1) is 0 Å². The fraction of sp³-hybridized carbons (Fsp3) is 0.625. The van der Waals surface area contributed by atoms with E-state index in [4.69, 9.17) is 9.47 Å². The van der Waals surface area contributed by atoms with Crippen LogP contribution in [0.25, 0.3) is 0 Å². The molecule has 1 aromatic carbocycles. The molecule has 6 nitrogen and oxygen atoms in total. The summed E-state index contributed by atoms with van der Waals surface area (Å²) in [4.78, 5) is 2.45. The first-order chi connectivity index (χ1) is 10.8. The van der Waals surface area contributed by atoms with E-state index in [1.165, 1.54) is 4.31 Å². The van der Waals surface area contributed by atoms with Gasteiger partial charge in [-0.05, 0) is 44.2 Å². The number of benzene rings is 1. The number of methoxy groups -OCH3 is 2. The Labute approximate surface area is 139 Å². The van der Waals surface area contributed by atoms with Gasteiger partial charge in [-0.25, -0.2) is 8.42 Å². The molecule has 1 aromatic rings. The van der Waals surface area contributed by atoms with E-state index in [0.29, 0.717) is 17.2 Å². The van der Waals surface area contributed by atoms with Gasteiger partial charge in [-0.3, -0.25) is 4.90 Å². The van der Waals surface area contributed by atoms with Gasteiger partial charge in [0.05, 0.1) is 18.1 Å². The second-order valence-corrected chi connectivity index (χ2v) is 8.15. The maximum atomic E-state index is 12.8. The van der Waals surface area contributed by atoms with Gasteiger partial charge >= 0.3 is 0 Å². The van der Waals surface area contributed by atoms with Crippen LogP contribution in [0.4, 0.5) is 0 Å². The van der Waals surface area contributed by atoms with Crippen molar-refractivity contribution in [3.63, 3.8) is 0 Å². The fourth-order valence-electron chi connectivity index (χ4n) is 3.00. The summed E-state index contributed by atoms with van der Waals surface area (Å²) in [5, 5.41) is 0. The largest absolute Gasteiger partial charge is 0.496 e. The lowest BCUT2D eigenvalue weighted by atomic mass is 10.2. The van der Waals surface area contributed by atoms with Crippen molar-refractivity contribution in [3.8, 4) is 5.75 Å². The van der Waals surface area contributed by atoms with Gasteiger partial charge < -0.3 is 9.47 Å². The summed E-state index contributed by atoms with van der Waals surface area (Å²) in [6, 6.07) is 5.10. The lowest BCUT2D eigenvalue weighted by Gasteiger charge is -2.25. The zero-order valence-electron chi connectivity index (χ0n) is 14.4. The van der Waals surface area contributed by atoms with Crippen LogP contribution in [0.2, 0.25) is 0 Å². The van der Waals surface area contributed by atoms with Crippen molar-refractivity contribution >= 4 is 10.0 Å². The molecule has 1 fully saturated rings. The van der Waals surface area contributed by atoms with Crippen LogP contribution >= 0.6 is 0 Å². The van der Waals surface area contributed by atoms with Gasteiger partial charge in [0.15, 0.2) is 0 Å². The van der Waals surface area contributed by atoms with Crippen LogP contribution in [0, 0.1) is 6.92 Å². The highest BCUT2D eigenvalue weighted by molar-refractivity contribution is 7.89. The molecule has 7 heteroatoms. The Kier molecular flexibility index (Phi) is 5.67. The normalized spacial score (nSPS) is 22.7. The quantitative estimate of drug-likeness (QED) is 0.781. The number of ether oxygens (including phenoxy) is 2. The molecule has 130 valence electrons. The van der Waals surface area contributed by atoms with E-state index in [1.54, 1.807) is 39.5 Å². The molecule has 23 heavy (non-hydrogen) atoms. The van der Waals surface area contributed by atoms with E-state index in [9.17, 15) is 8.42 Å². The van der Waals surface area contributed by atoms with Crippen molar-refractivity contribution in [1.82, 2.24) is 9.21 Å². The summed E-state index contributed by atoms with van der Waals surface area (Å²) in [6.45, 7) is 3.12. The first-order valence-corrected chi connectivity index (χ1v) is 9.07. The highest BCUT2D eigenvalue weighted by Gasteiger charge is 2.33. The number of hydrogen-bond donors (Lipinski definition) is 0. The Morgan fingerprint density at radius 1 is 1.35 bits per heavy atom. The molecule has 1 aliphatic rings. The van der Waals surface area contributed by atoms with Crippen LogP contribution < -0.4 is 4.74 Å². The van der Waals surface area contributed by atoms with Crippen LogP contribution in [0.3, 0.4) is 0 Å². The lowest BCUT2D eigenvalue weighted by molar-refractivity contribution is 0.111. The van der Waals surface area contributed by atoms with Gasteiger partial charge in [-0.2, -0.15) is 4.31 Å². The third kappa shape index (κ3) is 3.85. The number of likely N-dealkylation sites (tertiary alicyclic amines) is 1. The maximum absolute atomic E-state index is 12.8. The van der Waals surface area contributed by atoms with Crippen LogP contribution in [-0.4, -0.2) is 71.2 Å². The molecule has 0 spiro atoms. The number of nitrogens with zero attached hydrogens (tertiary/aromatic N) is 2. The monoisotopic (exact) mass is 342 g/mol. The average Bonchev–Trinajstić information content (AvgIpc) is 2.87. The first kappa shape index (κ1) is 18.2. The van der Waals surface area contributed by atoms with Gasteiger partial charge in [0.25, 0.3) is 0 Å². The summed E-state index contributed by atoms with van der Waals surface area (Å²) >= 11 is 0. The van der Waals surface area contributed by atoms with E-state index in [2.05, 4.69) is 4.90 Å². The first-order valence-electron chi connectivity index (χ1n) is 7.63. The molecular formula is C16H26N2O4S. The number of aryl methyl sites for hydroxylation is 1. The second-order valence-electron chi connectivity index (χ2n) is 6.10. The van der Waals surface area contributed by atoms with Gasteiger partial charge in [0.1, 0.15) is 5.75 Å². The van der Waals surface area contributed by atoms with E-state index < -0.39 is 10.0 Å². The van der Waals surface area contributed by atoms with Crippen molar-refractivity contribution in [3.05, 3.63) is 23.8 Å². The Morgan fingerprint density at radius 3 is 2.57 bits per heavy atom. The molecular weight excluding hydrogens is 316 g/mol. The number of hydrogen-bond acceptors (Lipinski definition) is 5. The Balaban J connectivity index is 2.14. The molecule has 0 aliphatic carbocycles. The lowest BCUT2D eigenvalue weighted by Crippen LogP contribution is -2.39. The summed E-state index contributed by atoms with van der Waals surface area (Å²) in [7, 11) is 3.39. The topological polar surface area (TPSA) is 59.1 Å². The zero-order valence-corrected chi connectivity index (χ0v) is 15.3. The third-order valence-corrected chi connectivity index (χ3v) is 6.34. The number of sulfonamides is 1. The highest BCUT2D eigenvalue weighted by atomic mass is 32.2. The summed E-state index contributed by atoms with van der Waals surface area (Å²) in [6.07, 6.45) is 1.01. The maximum Gasteiger partial charge on any atom is 0.242 e. The minimum atomic E-state index is -3.51. The molecule has 1 heterocycles. The Hall–Kier alpha value is -1.15. The van der Waals surface area contributed by atoms with Gasteiger partial charge in [0.2, 0.25) is 10.0 Å². The van der Waals surface area contributed by atoms with Crippen molar-refractivity contribution < 1.29 is 17.9 Å². The minimum Gasteiger partial charge on any atom is -0.496 e. The fourth-order valence-corrected chi connectivity index (χ4v) is 4.29. The van der Waals surface area contributed by atoms with Crippen molar-refractivity contribution in [2.24, 2.45) is 0 Å². The van der Waals surface area contributed by atoms with E-state index in [0.717, 1.165) is 18.5 Å². The van der Waals surface area contributed by atoms with Crippen LogP contribution in [0.1, 0.15) is 12.0 Å². The molecule has 0 unspecified atom stereocenters. The van der Waals surface area contributed by atoms with E-state index in [1.807, 2.05) is 14.0 Å². The summed E-state index contributed by atoms with van der Waals surface area (Å²) in [5.74, 6) is 0.685. The third-order valence-electron chi connectivity index (χ3n) is 4.53. The molecule has 0 radical (unpaired) electrons. The van der Waals surface area contributed by atoms with E-state index >= 15 is 0 Å². The van der Waals surface area contributed by atoms with Gasteiger partial charge in [0, 0.05) is 33.3 Å². The molecule has 0 bridgehead atoms.